The van der Waals surface area contributed by atoms with E-state index in [9.17, 15) is 4.79 Å². The van der Waals surface area contributed by atoms with Gasteiger partial charge in [0.25, 0.3) is 5.91 Å². The van der Waals surface area contributed by atoms with Crippen LogP contribution in [0.2, 0.25) is 0 Å². The average molecular weight is 464 g/mol. The van der Waals surface area contributed by atoms with E-state index in [1.807, 2.05) is 12.1 Å². The Morgan fingerprint density at radius 1 is 1.21 bits per heavy atom. The third-order valence-electron chi connectivity index (χ3n) is 4.79. The van der Waals surface area contributed by atoms with Crippen LogP contribution >= 0.6 is 0 Å². The summed E-state index contributed by atoms with van der Waals surface area (Å²) >= 11 is 0. The van der Waals surface area contributed by atoms with Gasteiger partial charge in [-0.2, -0.15) is 15.2 Å². The molecule has 3 aromatic heterocycles. The second-order valence-electron chi connectivity index (χ2n) is 7.13. The van der Waals surface area contributed by atoms with Crippen molar-refractivity contribution in [2.75, 3.05) is 31.4 Å². The first-order valence-electron chi connectivity index (χ1n) is 10.3. The number of benzene rings is 1. The summed E-state index contributed by atoms with van der Waals surface area (Å²) in [5.74, 6) is 1.16. The van der Waals surface area contributed by atoms with Crippen molar-refractivity contribution in [3.63, 3.8) is 0 Å². The van der Waals surface area contributed by atoms with Gasteiger partial charge in [0.2, 0.25) is 5.95 Å². The number of carbonyl (C=O) groups is 1. The van der Waals surface area contributed by atoms with Crippen LogP contribution in [0.15, 0.2) is 43.1 Å². The number of aryl methyl sites for hydroxylation is 1. The van der Waals surface area contributed by atoms with Crippen LogP contribution in [0.5, 0.6) is 5.75 Å². The number of aromatic nitrogens is 7. The zero-order valence-corrected chi connectivity index (χ0v) is 18.8. The molecule has 0 aliphatic heterocycles. The highest BCUT2D eigenvalue weighted by atomic mass is 16.5. The minimum atomic E-state index is -0.355. The number of anilines is 4. The van der Waals surface area contributed by atoms with Gasteiger partial charge in [0.1, 0.15) is 17.7 Å². The Morgan fingerprint density at radius 2 is 2.06 bits per heavy atom. The molecule has 0 unspecified atom stereocenters. The number of hydrogen-bond acceptors (Lipinski definition) is 10. The van der Waals surface area contributed by atoms with Gasteiger partial charge in [0.15, 0.2) is 11.6 Å². The highest BCUT2D eigenvalue weighted by Gasteiger charge is 2.19. The first-order valence-corrected chi connectivity index (χ1v) is 10.3. The van der Waals surface area contributed by atoms with Crippen LogP contribution in [0.4, 0.5) is 23.1 Å². The molecule has 0 spiro atoms. The van der Waals surface area contributed by atoms with Gasteiger partial charge in [0, 0.05) is 26.5 Å². The van der Waals surface area contributed by atoms with Crippen molar-refractivity contribution in [1.82, 2.24) is 39.8 Å². The highest BCUT2D eigenvalue weighted by molar-refractivity contribution is 5.99. The lowest BCUT2D eigenvalue weighted by Gasteiger charge is -2.16. The van der Waals surface area contributed by atoms with Crippen molar-refractivity contribution >= 4 is 29.0 Å². The summed E-state index contributed by atoms with van der Waals surface area (Å²) in [5, 5.41) is 26.4. The van der Waals surface area contributed by atoms with Crippen LogP contribution in [0, 0.1) is 0 Å². The SMILES string of the molecule is CNC(=O)c1cnc(Nc2cnn(CCO)c2)nc1Nc1cccc(-c2ncn(C)n2)c1OC. The zero-order valence-electron chi connectivity index (χ0n) is 18.8. The second-order valence-corrected chi connectivity index (χ2v) is 7.13. The molecule has 176 valence electrons. The predicted octanol–water partition coefficient (Wildman–Crippen LogP) is 1.32. The van der Waals surface area contributed by atoms with Gasteiger partial charge in [-0.3, -0.25) is 14.2 Å². The molecule has 0 aliphatic carbocycles. The molecule has 0 aliphatic rings. The number of methoxy groups -OCH3 is 1. The number of aliphatic hydroxyl groups is 1. The van der Waals surface area contributed by atoms with Crippen LogP contribution in [0.25, 0.3) is 11.4 Å². The molecule has 4 N–H and O–H groups in total. The van der Waals surface area contributed by atoms with E-state index < -0.39 is 0 Å². The fourth-order valence-electron chi connectivity index (χ4n) is 3.24. The van der Waals surface area contributed by atoms with Crippen LogP contribution in [-0.2, 0) is 13.6 Å². The zero-order chi connectivity index (χ0) is 24.1. The summed E-state index contributed by atoms with van der Waals surface area (Å²) in [7, 11) is 4.86. The monoisotopic (exact) mass is 464 g/mol. The minimum absolute atomic E-state index is 0.0264. The average Bonchev–Trinajstić information content (AvgIpc) is 3.47. The molecule has 1 aromatic carbocycles. The molecule has 0 fully saturated rings. The number of nitrogens with one attached hydrogen (secondary N) is 3. The Balaban J connectivity index is 1.69. The summed E-state index contributed by atoms with van der Waals surface area (Å²) in [6, 6.07) is 5.47. The fraction of sp³-hybridized carbons (Fsp3) is 0.238. The standard InChI is InChI=1S/C21H24N10O3/c1-22-20(33)15-10-23-21(26-13-9-25-31(11-13)7-8-32)28-19(15)27-16-6-4-5-14(17(16)34-3)18-24-12-30(2)29-18/h4-6,9-12,32H,7-8H2,1-3H3,(H,22,33)(H2,23,26,27,28). The van der Waals surface area contributed by atoms with E-state index in [0.29, 0.717) is 35.1 Å². The maximum Gasteiger partial charge on any atom is 0.256 e. The van der Waals surface area contributed by atoms with E-state index >= 15 is 0 Å². The van der Waals surface area contributed by atoms with Crippen LogP contribution in [-0.4, -0.2) is 66.3 Å². The molecule has 1 amide bonds. The lowest BCUT2D eigenvalue weighted by Crippen LogP contribution is -2.20. The first-order chi connectivity index (χ1) is 16.5. The number of amides is 1. The molecule has 4 aromatic rings. The molecule has 0 radical (unpaired) electrons. The number of rotatable bonds is 9. The van der Waals surface area contributed by atoms with Gasteiger partial charge in [-0.05, 0) is 12.1 Å². The summed E-state index contributed by atoms with van der Waals surface area (Å²) in [6.45, 7) is 0.341. The maximum absolute atomic E-state index is 12.5. The van der Waals surface area contributed by atoms with E-state index in [-0.39, 0.29) is 29.8 Å². The van der Waals surface area contributed by atoms with Gasteiger partial charge in [0.05, 0.1) is 43.4 Å². The number of ether oxygens (including phenoxy) is 1. The van der Waals surface area contributed by atoms with Crippen molar-refractivity contribution < 1.29 is 14.6 Å². The molecular weight excluding hydrogens is 440 g/mol. The molecule has 3 heterocycles. The van der Waals surface area contributed by atoms with Crippen molar-refractivity contribution in [2.45, 2.75) is 6.54 Å². The van der Waals surface area contributed by atoms with E-state index in [2.05, 4.69) is 41.1 Å². The topological polar surface area (TPSA) is 157 Å². The van der Waals surface area contributed by atoms with Crippen molar-refractivity contribution in [3.05, 3.63) is 48.7 Å². The molecule has 0 saturated carbocycles. The van der Waals surface area contributed by atoms with Crippen LogP contribution < -0.4 is 20.7 Å². The quantitative estimate of drug-likeness (QED) is 0.285. The summed E-state index contributed by atoms with van der Waals surface area (Å²) in [5.41, 5.74) is 2.12. The molecule has 0 atom stereocenters. The first kappa shape index (κ1) is 22.7. The molecule has 34 heavy (non-hydrogen) atoms. The summed E-state index contributed by atoms with van der Waals surface area (Å²) < 4.78 is 8.83. The van der Waals surface area contributed by atoms with E-state index in [1.54, 1.807) is 48.3 Å². The Hall–Kier alpha value is -4.52. The van der Waals surface area contributed by atoms with Crippen molar-refractivity contribution in [1.29, 1.82) is 0 Å². The second kappa shape index (κ2) is 9.95. The largest absolute Gasteiger partial charge is 0.494 e. The molecule has 4 rings (SSSR count). The predicted molar refractivity (Wildman–Crippen MR) is 124 cm³/mol. The Kier molecular flexibility index (Phi) is 6.64. The van der Waals surface area contributed by atoms with Crippen LogP contribution in [0.1, 0.15) is 10.4 Å². The van der Waals surface area contributed by atoms with Gasteiger partial charge in [-0.25, -0.2) is 9.97 Å². The van der Waals surface area contributed by atoms with Crippen LogP contribution in [0.3, 0.4) is 0 Å². The lowest BCUT2D eigenvalue weighted by molar-refractivity contribution is 0.0963. The lowest BCUT2D eigenvalue weighted by atomic mass is 10.1. The van der Waals surface area contributed by atoms with Gasteiger partial charge in [-0.1, -0.05) is 6.07 Å². The summed E-state index contributed by atoms with van der Waals surface area (Å²) in [4.78, 5) is 25.5. The van der Waals surface area contributed by atoms with Gasteiger partial charge < -0.3 is 25.8 Å². The molecule has 13 nitrogen and oxygen atoms in total. The molecule has 13 heteroatoms. The third-order valence-corrected chi connectivity index (χ3v) is 4.79. The molecular formula is C21H24N10O3. The van der Waals surface area contributed by atoms with E-state index in [4.69, 9.17) is 9.84 Å². The Morgan fingerprint density at radius 3 is 2.76 bits per heavy atom. The van der Waals surface area contributed by atoms with E-state index in [0.717, 1.165) is 0 Å². The fourth-order valence-corrected chi connectivity index (χ4v) is 3.24. The highest BCUT2D eigenvalue weighted by Crippen LogP contribution is 2.36. The number of para-hydroxylation sites is 1. The van der Waals surface area contributed by atoms with Gasteiger partial charge >= 0.3 is 0 Å². The molecule has 0 bridgehead atoms. The minimum Gasteiger partial charge on any atom is -0.494 e. The van der Waals surface area contributed by atoms with Gasteiger partial charge in [-0.15, -0.1) is 0 Å². The molecule has 0 saturated heterocycles. The number of carbonyl (C=O) groups excluding carboxylic acids is 1. The maximum atomic E-state index is 12.5. The van der Waals surface area contributed by atoms with Crippen molar-refractivity contribution in [3.8, 4) is 17.1 Å². The Bertz CT molecular complexity index is 1300. The van der Waals surface area contributed by atoms with Crippen molar-refractivity contribution in [2.24, 2.45) is 7.05 Å². The normalized spacial score (nSPS) is 10.7. The Labute approximate surface area is 194 Å². The number of nitrogens with zero attached hydrogens (tertiary/aromatic N) is 7. The number of aliphatic hydroxyl groups excluding tert-OH is 1. The summed E-state index contributed by atoms with van der Waals surface area (Å²) in [6.07, 6.45) is 6.33. The third kappa shape index (κ3) is 4.78. The smallest absolute Gasteiger partial charge is 0.256 e. The van der Waals surface area contributed by atoms with E-state index in [1.165, 1.54) is 13.2 Å². The number of hydrogen-bond donors (Lipinski definition) is 4.